The van der Waals surface area contributed by atoms with Crippen molar-refractivity contribution in [1.82, 2.24) is 20.0 Å². The van der Waals surface area contributed by atoms with Crippen molar-refractivity contribution < 1.29 is 9.53 Å². The van der Waals surface area contributed by atoms with Crippen molar-refractivity contribution in [2.45, 2.75) is 40.7 Å². The second kappa shape index (κ2) is 6.80. The zero-order chi connectivity index (χ0) is 15.4. The fourth-order valence-electron chi connectivity index (χ4n) is 1.75. The lowest BCUT2D eigenvalue weighted by atomic mass is 10.2. The van der Waals surface area contributed by atoms with Gasteiger partial charge in [0.2, 0.25) is 0 Å². The van der Waals surface area contributed by atoms with Gasteiger partial charge in [-0.3, -0.25) is 0 Å². The molecule has 114 valence electrons. The number of nitrogens with zero attached hydrogens (tertiary/aromatic N) is 4. The summed E-state index contributed by atoms with van der Waals surface area (Å²) in [6, 6.07) is 0. The van der Waals surface area contributed by atoms with Crippen LogP contribution in [0.4, 0.5) is 0 Å². The first kappa shape index (κ1) is 15.6. The standard InChI is InChI=1S/C14H20N4O2S/c1-5-12-15-11(8-21-12)6-18-10(4)13(16-17-18)14(19)20-7-9(2)3/h8-9H,5-7H2,1-4H3. The zero-order valence-electron chi connectivity index (χ0n) is 12.8. The van der Waals surface area contributed by atoms with Crippen molar-refractivity contribution in [2.75, 3.05) is 6.61 Å². The highest BCUT2D eigenvalue weighted by molar-refractivity contribution is 7.09. The number of carbonyl (C=O) groups excluding carboxylic acids is 1. The Balaban J connectivity index is 2.07. The van der Waals surface area contributed by atoms with E-state index in [4.69, 9.17) is 4.74 Å². The summed E-state index contributed by atoms with van der Waals surface area (Å²) in [4.78, 5) is 16.4. The van der Waals surface area contributed by atoms with Crippen LogP contribution in [0, 0.1) is 12.8 Å². The molecule has 0 spiro atoms. The Bertz CT molecular complexity index is 618. The summed E-state index contributed by atoms with van der Waals surface area (Å²) < 4.78 is 6.87. The molecule has 0 saturated heterocycles. The number of carbonyl (C=O) groups is 1. The van der Waals surface area contributed by atoms with E-state index in [1.807, 2.05) is 26.2 Å². The largest absolute Gasteiger partial charge is 0.461 e. The molecule has 0 saturated carbocycles. The average molecular weight is 308 g/mol. The van der Waals surface area contributed by atoms with Gasteiger partial charge < -0.3 is 4.74 Å². The highest BCUT2D eigenvalue weighted by atomic mass is 32.1. The minimum atomic E-state index is -0.417. The molecule has 2 heterocycles. The molecule has 21 heavy (non-hydrogen) atoms. The quantitative estimate of drug-likeness (QED) is 0.767. The molecule has 0 bridgehead atoms. The molecule has 0 aliphatic rings. The Kier molecular flexibility index (Phi) is 5.06. The number of hydrogen-bond acceptors (Lipinski definition) is 6. The fourth-order valence-corrected chi connectivity index (χ4v) is 2.48. The highest BCUT2D eigenvalue weighted by Crippen LogP contribution is 2.13. The molecule has 2 rings (SSSR count). The number of aromatic nitrogens is 4. The molecule has 0 N–H and O–H groups in total. The Morgan fingerprint density at radius 2 is 2.24 bits per heavy atom. The van der Waals surface area contributed by atoms with Crippen LogP contribution >= 0.6 is 11.3 Å². The Hall–Kier alpha value is -1.76. The lowest BCUT2D eigenvalue weighted by molar-refractivity contribution is 0.0451. The van der Waals surface area contributed by atoms with Gasteiger partial charge in [-0.15, -0.1) is 16.4 Å². The summed E-state index contributed by atoms with van der Waals surface area (Å²) in [7, 11) is 0. The summed E-state index contributed by atoms with van der Waals surface area (Å²) in [6.07, 6.45) is 0.924. The summed E-state index contributed by atoms with van der Waals surface area (Å²) >= 11 is 1.63. The van der Waals surface area contributed by atoms with E-state index in [1.54, 1.807) is 16.0 Å². The molecular weight excluding hydrogens is 288 g/mol. The molecule has 0 aromatic carbocycles. The van der Waals surface area contributed by atoms with E-state index in [0.717, 1.165) is 17.1 Å². The fraction of sp³-hybridized carbons (Fsp3) is 0.571. The summed E-state index contributed by atoms with van der Waals surface area (Å²) in [6.45, 7) is 8.78. The highest BCUT2D eigenvalue weighted by Gasteiger charge is 2.18. The van der Waals surface area contributed by atoms with E-state index in [2.05, 4.69) is 22.2 Å². The van der Waals surface area contributed by atoms with Gasteiger partial charge in [0.05, 0.1) is 29.5 Å². The number of hydrogen-bond donors (Lipinski definition) is 0. The lowest BCUT2D eigenvalue weighted by Crippen LogP contribution is -2.12. The maximum absolute atomic E-state index is 11.9. The van der Waals surface area contributed by atoms with Crippen LogP contribution in [0.1, 0.15) is 47.7 Å². The van der Waals surface area contributed by atoms with E-state index >= 15 is 0 Å². The van der Waals surface area contributed by atoms with Gasteiger partial charge in [0, 0.05) is 5.38 Å². The molecule has 0 radical (unpaired) electrons. The van der Waals surface area contributed by atoms with Crippen LogP contribution < -0.4 is 0 Å². The van der Waals surface area contributed by atoms with Crippen LogP contribution in [-0.2, 0) is 17.7 Å². The van der Waals surface area contributed by atoms with Crippen molar-refractivity contribution in [3.63, 3.8) is 0 Å². The van der Waals surface area contributed by atoms with Crippen LogP contribution in [-0.4, -0.2) is 32.6 Å². The third kappa shape index (κ3) is 3.87. The maximum atomic E-state index is 11.9. The van der Waals surface area contributed by atoms with Crippen molar-refractivity contribution in [3.8, 4) is 0 Å². The number of esters is 1. The third-order valence-corrected chi connectivity index (χ3v) is 3.98. The van der Waals surface area contributed by atoms with Gasteiger partial charge >= 0.3 is 5.97 Å². The van der Waals surface area contributed by atoms with Crippen LogP contribution in [0.15, 0.2) is 5.38 Å². The molecule has 0 unspecified atom stereocenters. The topological polar surface area (TPSA) is 69.9 Å². The van der Waals surface area contributed by atoms with Gasteiger partial charge in [0.25, 0.3) is 0 Å². The molecule has 0 fully saturated rings. The molecule has 2 aromatic rings. The van der Waals surface area contributed by atoms with Gasteiger partial charge in [0.1, 0.15) is 0 Å². The third-order valence-electron chi connectivity index (χ3n) is 2.94. The molecule has 0 atom stereocenters. The predicted molar refractivity (Wildman–Crippen MR) is 80.5 cm³/mol. The van der Waals surface area contributed by atoms with E-state index in [1.165, 1.54) is 0 Å². The molecule has 6 nitrogen and oxygen atoms in total. The number of aryl methyl sites for hydroxylation is 1. The first-order chi connectivity index (χ1) is 10.0. The van der Waals surface area contributed by atoms with Gasteiger partial charge in [-0.2, -0.15) is 0 Å². The molecule has 0 aliphatic heterocycles. The lowest BCUT2D eigenvalue weighted by Gasteiger charge is -2.06. The molecular formula is C14H20N4O2S. The number of rotatable bonds is 6. The van der Waals surface area contributed by atoms with Crippen molar-refractivity contribution in [1.29, 1.82) is 0 Å². The smallest absolute Gasteiger partial charge is 0.360 e. The molecule has 2 aromatic heterocycles. The van der Waals surface area contributed by atoms with E-state index < -0.39 is 5.97 Å². The van der Waals surface area contributed by atoms with Gasteiger partial charge in [-0.25, -0.2) is 14.5 Å². The Morgan fingerprint density at radius 3 is 2.86 bits per heavy atom. The number of thiazole rings is 1. The maximum Gasteiger partial charge on any atom is 0.360 e. The van der Waals surface area contributed by atoms with Crippen molar-refractivity contribution >= 4 is 17.3 Å². The monoisotopic (exact) mass is 308 g/mol. The summed E-state index contributed by atoms with van der Waals surface area (Å²) in [5.41, 5.74) is 1.92. The Labute approximate surface area is 128 Å². The Morgan fingerprint density at radius 1 is 1.48 bits per heavy atom. The second-order valence-electron chi connectivity index (χ2n) is 5.26. The predicted octanol–water partition coefficient (Wildman–Crippen LogP) is 2.47. The van der Waals surface area contributed by atoms with Gasteiger partial charge in [0.15, 0.2) is 5.69 Å². The van der Waals surface area contributed by atoms with Crippen LogP contribution in [0.25, 0.3) is 0 Å². The minimum absolute atomic E-state index is 0.279. The summed E-state index contributed by atoms with van der Waals surface area (Å²) in [5.74, 6) is -0.119. The zero-order valence-corrected chi connectivity index (χ0v) is 13.6. The van der Waals surface area contributed by atoms with E-state index in [-0.39, 0.29) is 5.69 Å². The minimum Gasteiger partial charge on any atom is -0.461 e. The van der Waals surface area contributed by atoms with Crippen molar-refractivity contribution in [2.24, 2.45) is 5.92 Å². The first-order valence-corrected chi connectivity index (χ1v) is 7.89. The molecule has 7 heteroatoms. The van der Waals surface area contributed by atoms with E-state index in [9.17, 15) is 4.79 Å². The van der Waals surface area contributed by atoms with Crippen molar-refractivity contribution in [3.05, 3.63) is 27.5 Å². The normalized spacial score (nSPS) is 11.1. The summed E-state index contributed by atoms with van der Waals surface area (Å²) in [5, 5.41) is 11.1. The van der Waals surface area contributed by atoms with E-state index in [0.29, 0.717) is 24.8 Å². The SMILES string of the molecule is CCc1nc(Cn2nnc(C(=O)OCC(C)C)c2C)cs1. The van der Waals surface area contributed by atoms with Gasteiger partial charge in [-0.05, 0) is 19.3 Å². The first-order valence-electron chi connectivity index (χ1n) is 7.01. The molecule has 0 amide bonds. The second-order valence-corrected chi connectivity index (χ2v) is 6.20. The molecule has 0 aliphatic carbocycles. The van der Waals surface area contributed by atoms with Gasteiger partial charge in [-0.1, -0.05) is 26.0 Å². The van der Waals surface area contributed by atoms with Crippen LogP contribution in [0.5, 0.6) is 0 Å². The van der Waals surface area contributed by atoms with Crippen LogP contribution in [0.2, 0.25) is 0 Å². The average Bonchev–Trinajstić information content (AvgIpc) is 3.04. The van der Waals surface area contributed by atoms with Crippen LogP contribution in [0.3, 0.4) is 0 Å². The number of ether oxygens (including phenoxy) is 1.